The summed E-state index contributed by atoms with van der Waals surface area (Å²) in [4.78, 5) is 23.3. The van der Waals surface area contributed by atoms with E-state index < -0.39 is 18.5 Å². The van der Waals surface area contributed by atoms with Gasteiger partial charge in [-0.1, -0.05) is 21.1 Å². The molecule has 0 aliphatic rings. The molecule has 8 heteroatoms. The highest BCUT2D eigenvalue weighted by atomic mass is 79.9. The number of benzene rings is 1. The molecule has 2 aromatic rings. The Morgan fingerprint density at radius 3 is 2.83 bits per heavy atom. The van der Waals surface area contributed by atoms with Crippen LogP contribution in [0.4, 0.5) is 5.88 Å². The van der Waals surface area contributed by atoms with Gasteiger partial charge in [-0.2, -0.15) is 0 Å². The number of hydrogen-bond donors (Lipinski definition) is 1. The third kappa shape index (κ3) is 5.24. The normalized spacial score (nSPS) is 10.6. The third-order valence-electron chi connectivity index (χ3n) is 2.83. The number of ether oxygens (including phenoxy) is 2. The van der Waals surface area contributed by atoms with Gasteiger partial charge in [0.25, 0.3) is 5.91 Å². The van der Waals surface area contributed by atoms with Crippen LogP contribution < -0.4 is 10.1 Å². The molecule has 0 saturated carbocycles. The maximum Gasteiger partial charge on any atom is 0.331 e. The topological polar surface area (TPSA) is 90.7 Å². The van der Waals surface area contributed by atoms with Crippen molar-refractivity contribution in [3.8, 4) is 5.75 Å². The Balaban J connectivity index is 1.86. The summed E-state index contributed by atoms with van der Waals surface area (Å²) >= 11 is 3.34. The number of carbonyl (C=O) groups excluding carboxylic acids is 2. The summed E-state index contributed by atoms with van der Waals surface area (Å²) in [6.45, 7) is 1.29. The van der Waals surface area contributed by atoms with Gasteiger partial charge in [-0.3, -0.25) is 10.1 Å². The average molecular weight is 395 g/mol. The Morgan fingerprint density at radius 2 is 2.17 bits per heavy atom. The number of aromatic nitrogens is 1. The standard InChI is InChI=1S/C16H15BrN2O5/c1-10-7-15(24-19-10)18-14(20)9-23-16(21)6-3-11-8-12(17)4-5-13(11)22-2/h3-8H,9H2,1-2H3,(H,18,20)/b6-3+. The molecule has 0 aliphatic heterocycles. The Bertz CT molecular complexity index is 770. The van der Waals surface area contributed by atoms with Gasteiger partial charge in [-0.25, -0.2) is 4.79 Å². The van der Waals surface area contributed by atoms with E-state index in [9.17, 15) is 9.59 Å². The lowest BCUT2D eigenvalue weighted by molar-refractivity contribution is -0.142. The van der Waals surface area contributed by atoms with Crippen molar-refractivity contribution in [3.05, 3.63) is 46.1 Å². The third-order valence-corrected chi connectivity index (χ3v) is 3.32. The molecule has 0 bridgehead atoms. The van der Waals surface area contributed by atoms with Crippen molar-refractivity contribution in [2.45, 2.75) is 6.92 Å². The Kier molecular flexibility index (Phi) is 6.14. The van der Waals surface area contributed by atoms with E-state index in [1.807, 2.05) is 6.07 Å². The molecule has 24 heavy (non-hydrogen) atoms. The largest absolute Gasteiger partial charge is 0.496 e. The van der Waals surface area contributed by atoms with Crippen LogP contribution in [0.3, 0.4) is 0 Å². The van der Waals surface area contributed by atoms with Crippen LogP contribution in [0.15, 0.2) is 39.3 Å². The van der Waals surface area contributed by atoms with E-state index in [-0.39, 0.29) is 5.88 Å². The Hall–Kier alpha value is -2.61. The van der Waals surface area contributed by atoms with E-state index >= 15 is 0 Å². The number of nitrogens with zero attached hydrogens (tertiary/aromatic N) is 1. The quantitative estimate of drug-likeness (QED) is 0.598. The van der Waals surface area contributed by atoms with Crippen molar-refractivity contribution in [2.75, 3.05) is 19.0 Å². The second-order valence-corrected chi connectivity index (χ2v) is 5.62. The van der Waals surface area contributed by atoms with Gasteiger partial charge in [0.15, 0.2) is 6.61 Å². The van der Waals surface area contributed by atoms with Crippen LogP contribution in [0, 0.1) is 6.92 Å². The van der Waals surface area contributed by atoms with Gasteiger partial charge in [-0.05, 0) is 31.2 Å². The summed E-state index contributed by atoms with van der Waals surface area (Å²) in [5, 5.41) is 6.05. The van der Waals surface area contributed by atoms with Crippen LogP contribution in [0.25, 0.3) is 6.08 Å². The zero-order chi connectivity index (χ0) is 17.5. The Morgan fingerprint density at radius 1 is 1.38 bits per heavy atom. The average Bonchev–Trinajstić information content (AvgIpc) is 2.96. The molecular weight excluding hydrogens is 380 g/mol. The van der Waals surface area contributed by atoms with Crippen LogP contribution in [0.2, 0.25) is 0 Å². The lowest BCUT2D eigenvalue weighted by Gasteiger charge is -2.05. The second kappa shape index (κ2) is 8.30. The van der Waals surface area contributed by atoms with E-state index in [1.165, 1.54) is 13.2 Å². The van der Waals surface area contributed by atoms with E-state index in [4.69, 9.17) is 14.0 Å². The van der Waals surface area contributed by atoms with Crippen molar-refractivity contribution in [3.63, 3.8) is 0 Å². The van der Waals surface area contributed by atoms with Gasteiger partial charge in [-0.15, -0.1) is 0 Å². The van der Waals surface area contributed by atoms with Gasteiger partial charge in [0.2, 0.25) is 5.88 Å². The Labute approximate surface area is 146 Å². The van der Waals surface area contributed by atoms with Crippen LogP contribution in [0.1, 0.15) is 11.3 Å². The first-order chi connectivity index (χ1) is 11.5. The highest BCUT2D eigenvalue weighted by molar-refractivity contribution is 9.10. The lowest BCUT2D eigenvalue weighted by Crippen LogP contribution is -2.19. The first-order valence-corrected chi connectivity index (χ1v) is 7.69. The number of rotatable bonds is 6. The molecule has 0 saturated heterocycles. The predicted molar refractivity (Wildman–Crippen MR) is 90.6 cm³/mol. The number of hydrogen-bond acceptors (Lipinski definition) is 6. The lowest BCUT2D eigenvalue weighted by atomic mass is 10.2. The molecule has 126 valence electrons. The predicted octanol–water partition coefficient (Wildman–Crippen LogP) is 2.95. The highest BCUT2D eigenvalue weighted by Gasteiger charge is 2.09. The number of aryl methyl sites for hydroxylation is 1. The van der Waals surface area contributed by atoms with Gasteiger partial charge < -0.3 is 14.0 Å². The van der Waals surface area contributed by atoms with Crippen LogP contribution in [0.5, 0.6) is 5.75 Å². The zero-order valence-electron chi connectivity index (χ0n) is 13.0. The summed E-state index contributed by atoms with van der Waals surface area (Å²) in [5.74, 6) is -0.363. The fourth-order valence-electron chi connectivity index (χ4n) is 1.77. The SMILES string of the molecule is COc1ccc(Br)cc1/C=C/C(=O)OCC(=O)Nc1cc(C)no1. The molecule has 0 atom stereocenters. The fraction of sp³-hybridized carbons (Fsp3) is 0.188. The molecule has 2 rings (SSSR count). The number of esters is 1. The molecule has 0 aliphatic carbocycles. The number of nitrogens with one attached hydrogen (secondary N) is 1. The molecule has 1 amide bonds. The second-order valence-electron chi connectivity index (χ2n) is 4.71. The number of amides is 1. The first kappa shape index (κ1) is 17.7. The minimum Gasteiger partial charge on any atom is -0.496 e. The molecule has 0 spiro atoms. The summed E-state index contributed by atoms with van der Waals surface area (Å²) in [5.41, 5.74) is 1.33. The van der Waals surface area contributed by atoms with E-state index in [0.29, 0.717) is 17.0 Å². The number of anilines is 1. The van der Waals surface area contributed by atoms with E-state index in [1.54, 1.807) is 31.2 Å². The molecule has 0 unspecified atom stereocenters. The summed E-state index contributed by atoms with van der Waals surface area (Å²) < 4.78 is 15.7. The van der Waals surface area contributed by atoms with Gasteiger partial charge >= 0.3 is 5.97 Å². The van der Waals surface area contributed by atoms with Gasteiger partial charge in [0.1, 0.15) is 5.75 Å². The monoisotopic (exact) mass is 394 g/mol. The van der Waals surface area contributed by atoms with E-state index in [0.717, 1.165) is 4.47 Å². The van der Waals surface area contributed by atoms with Crippen molar-refractivity contribution >= 4 is 39.8 Å². The summed E-state index contributed by atoms with van der Waals surface area (Å²) in [7, 11) is 1.54. The molecule has 0 fully saturated rings. The molecule has 1 N–H and O–H groups in total. The number of halogens is 1. The van der Waals surface area contributed by atoms with Gasteiger partial charge in [0.05, 0.1) is 12.8 Å². The molecule has 1 aromatic heterocycles. The van der Waals surface area contributed by atoms with Gasteiger partial charge in [0, 0.05) is 22.2 Å². The first-order valence-electron chi connectivity index (χ1n) is 6.89. The smallest absolute Gasteiger partial charge is 0.331 e. The highest BCUT2D eigenvalue weighted by Crippen LogP contribution is 2.24. The van der Waals surface area contributed by atoms with Crippen molar-refractivity contribution < 1.29 is 23.6 Å². The van der Waals surface area contributed by atoms with Crippen LogP contribution >= 0.6 is 15.9 Å². The van der Waals surface area contributed by atoms with Crippen LogP contribution in [-0.4, -0.2) is 30.7 Å². The maximum absolute atomic E-state index is 11.7. The molecular formula is C16H15BrN2O5. The minimum atomic E-state index is -0.652. The molecule has 0 radical (unpaired) electrons. The maximum atomic E-state index is 11.7. The fourth-order valence-corrected chi connectivity index (χ4v) is 2.15. The van der Waals surface area contributed by atoms with E-state index in [2.05, 4.69) is 26.4 Å². The number of carbonyl (C=O) groups is 2. The number of methoxy groups -OCH3 is 1. The minimum absolute atomic E-state index is 0.197. The zero-order valence-corrected chi connectivity index (χ0v) is 14.6. The summed E-state index contributed by atoms with van der Waals surface area (Å²) in [6, 6.07) is 6.94. The van der Waals surface area contributed by atoms with Crippen LogP contribution in [-0.2, 0) is 14.3 Å². The van der Waals surface area contributed by atoms with Crippen molar-refractivity contribution in [1.29, 1.82) is 0 Å². The molecule has 1 aromatic carbocycles. The molecule has 7 nitrogen and oxygen atoms in total. The molecule has 1 heterocycles. The van der Waals surface area contributed by atoms with Crippen molar-refractivity contribution in [2.24, 2.45) is 0 Å². The van der Waals surface area contributed by atoms with Crippen molar-refractivity contribution in [1.82, 2.24) is 5.16 Å². The summed E-state index contributed by atoms with van der Waals surface area (Å²) in [6.07, 6.45) is 2.76.